The Balaban J connectivity index is 1.81. The van der Waals surface area contributed by atoms with Crippen LogP contribution in [-0.2, 0) is 24.1 Å². The smallest absolute Gasteiger partial charge is 0.339 e. The molecule has 146 valence electrons. The van der Waals surface area contributed by atoms with E-state index in [1.807, 2.05) is 50.2 Å². The van der Waals surface area contributed by atoms with Crippen LogP contribution in [0.3, 0.4) is 0 Å². The van der Waals surface area contributed by atoms with Crippen LogP contribution in [0.4, 0.5) is 5.69 Å². The van der Waals surface area contributed by atoms with Crippen LogP contribution in [0.5, 0.6) is 0 Å². The average Bonchev–Trinajstić information content (AvgIpc) is 2.67. The number of para-hydroxylation sites is 1. The van der Waals surface area contributed by atoms with Gasteiger partial charge in [0, 0.05) is 23.1 Å². The second-order valence-corrected chi connectivity index (χ2v) is 7.20. The highest BCUT2D eigenvalue weighted by atomic mass is 16.4. The van der Waals surface area contributed by atoms with E-state index in [0.29, 0.717) is 17.6 Å². The first-order chi connectivity index (χ1) is 13.4. The summed E-state index contributed by atoms with van der Waals surface area (Å²) < 4.78 is 5.49. The van der Waals surface area contributed by atoms with Crippen LogP contribution in [0.25, 0.3) is 11.0 Å². The van der Waals surface area contributed by atoms with Gasteiger partial charge in [0.25, 0.3) is 0 Å². The van der Waals surface area contributed by atoms with E-state index in [1.54, 1.807) is 0 Å². The maximum Gasteiger partial charge on any atom is 0.339 e. The van der Waals surface area contributed by atoms with Crippen molar-refractivity contribution in [3.05, 3.63) is 74.6 Å². The quantitative estimate of drug-likeness (QED) is 0.608. The van der Waals surface area contributed by atoms with Crippen molar-refractivity contribution in [1.29, 1.82) is 0 Å². The number of rotatable bonds is 6. The summed E-state index contributed by atoms with van der Waals surface area (Å²) >= 11 is 0. The van der Waals surface area contributed by atoms with Gasteiger partial charge < -0.3 is 9.73 Å². The van der Waals surface area contributed by atoms with Crippen LogP contribution >= 0.6 is 0 Å². The summed E-state index contributed by atoms with van der Waals surface area (Å²) in [6.07, 6.45) is 2.32. The Morgan fingerprint density at radius 3 is 2.36 bits per heavy atom. The molecule has 28 heavy (non-hydrogen) atoms. The minimum Gasteiger partial charge on any atom is -0.423 e. The molecule has 0 aliphatic carbocycles. The van der Waals surface area contributed by atoms with Crippen LogP contribution in [0.15, 0.2) is 45.6 Å². The van der Waals surface area contributed by atoms with E-state index in [4.69, 9.17) is 4.42 Å². The Kier molecular flexibility index (Phi) is 5.98. The van der Waals surface area contributed by atoms with Gasteiger partial charge in [-0.3, -0.25) is 4.79 Å². The van der Waals surface area contributed by atoms with Crippen LogP contribution in [0.1, 0.15) is 48.1 Å². The summed E-state index contributed by atoms with van der Waals surface area (Å²) in [7, 11) is 0. The third-order valence-electron chi connectivity index (χ3n) is 5.31. The van der Waals surface area contributed by atoms with Crippen LogP contribution in [0.2, 0.25) is 0 Å². The van der Waals surface area contributed by atoms with Crippen molar-refractivity contribution < 1.29 is 9.21 Å². The monoisotopic (exact) mass is 377 g/mol. The Labute approximate surface area is 165 Å². The van der Waals surface area contributed by atoms with E-state index in [1.165, 1.54) is 0 Å². The number of carbonyl (C=O) groups is 1. The third kappa shape index (κ3) is 4.01. The topological polar surface area (TPSA) is 59.3 Å². The van der Waals surface area contributed by atoms with E-state index in [0.717, 1.165) is 46.2 Å². The molecule has 4 nitrogen and oxygen atoms in total. The van der Waals surface area contributed by atoms with Gasteiger partial charge in [0.15, 0.2) is 0 Å². The number of aryl methyl sites for hydroxylation is 4. The molecule has 0 radical (unpaired) electrons. The molecule has 0 spiro atoms. The molecule has 2 aromatic carbocycles. The standard InChI is InChI=1S/C24H27NO3/c1-5-17-8-7-9-18(6-2)23(17)25-22(26)13-12-20-16(4)19-11-10-15(3)14-21(19)28-24(20)27/h7-11,14H,5-6,12-13H2,1-4H3,(H,25,26). The van der Waals surface area contributed by atoms with Gasteiger partial charge in [-0.15, -0.1) is 0 Å². The predicted octanol–water partition coefficient (Wildman–Crippen LogP) is 5.11. The van der Waals surface area contributed by atoms with Crippen molar-refractivity contribution in [3.8, 4) is 0 Å². The first-order valence-corrected chi connectivity index (χ1v) is 9.88. The van der Waals surface area contributed by atoms with E-state index < -0.39 is 0 Å². The van der Waals surface area contributed by atoms with E-state index in [-0.39, 0.29) is 18.0 Å². The summed E-state index contributed by atoms with van der Waals surface area (Å²) in [6.45, 7) is 8.04. The highest BCUT2D eigenvalue weighted by molar-refractivity contribution is 5.92. The zero-order valence-electron chi connectivity index (χ0n) is 17.0. The molecule has 0 aliphatic heterocycles. The Bertz CT molecular complexity index is 1060. The van der Waals surface area contributed by atoms with Crippen molar-refractivity contribution in [3.63, 3.8) is 0 Å². The number of amides is 1. The predicted molar refractivity (Wildman–Crippen MR) is 114 cm³/mol. The first-order valence-electron chi connectivity index (χ1n) is 9.88. The molecule has 1 N–H and O–H groups in total. The minimum atomic E-state index is -0.355. The number of nitrogens with one attached hydrogen (secondary N) is 1. The van der Waals surface area contributed by atoms with Gasteiger partial charge in [-0.1, -0.05) is 44.2 Å². The Hall–Kier alpha value is -2.88. The molecule has 0 aliphatic rings. The average molecular weight is 377 g/mol. The second kappa shape index (κ2) is 8.42. The highest BCUT2D eigenvalue weighted by Crippen LogP contribution is 2.24. The number of hydrogen-bond acceptors (Lipinski definition) is 3. The number of fused-ring (bicyclic) bond motifs is 1. The molecular formula is C24H27NO3. The number of benzene rings is 2. The lowest BCUT2D eigenvalue weighted by Gasteiger charge is -2.14. The summed E-state index contributed by atoms with van der Waals surface area (Å²) in [6, 6.07) is 11.9. The Morgan fingerprint density at radius 2 is 1.71 bits per heavy atom. The maximum atomic E-state index is 12.6. The lowest BCUT2D eigenvalue weighted by molar-refractivity contribution is -0.116. The molecule has 0 saturated heterocycles. The van der Waals surface area contributed by atoms with E-state index >= 15 is 0 Å². The van der Waals surface area contributed by atoms with Crippen molar-refractivity contribution in [2.24, 2.45) is 0 Å². The van der Waals surface area contributed by atoms with Gasteiger partial charge in [0.1, 0.15) is 5.58 Å². The highest BCUT2D eigenvalue weighted by Gasteiger charge is 2.15. The fraction of sp³-hybridized carbons (Fsp3) is 0.333. The molecule has 1 amide bonds. The zero-order valence-corrected chi connectivity index (χ0v) is 17.0. The van der Waals surface area contributed by atoms with E-state index in [9.17, 15) is 9.59 Å². The van der Waals surface area contributed by atoms with Gasteiger partial charge in [-0.05, 0) is 61.4 Å². The van der Waals surface area contributed by atoms with Gasteiger partial charge in [0.2, 0.25) is 5.91 Å². The molecule has 3 rings (SSSR count). The normalized spacial score (nSPS) is 11.0. The summed E-state index contributed by atoms with van der Waals surface area (Å²) in [5.74, 6) is -0.0848. The second-order valence-electron chi connectivity index (χ2n) is 7.20. The molecular weight excluding hydrogens is 350 g/mol. The molecule has 0 saturated carbocycles. The largest absolute Gasteiger partial charge is 0.423 e. The molecule has 0 bridgehead atoms. The lowest BCUT2D eigenvalue weighted by atomic mass is 10.0. The molecule has 3 aromatic rings. The fourth-order valence-corrected chi connectivity index (χ4v) is 3.63. The molecule has 0 fully saturated rings. The summed E-state index contributed by atoms with van der Waals surface area (Å²) in [5.41, 5.74) is 5.92. The van der Waals surface area contributed by atoms with Crippen molar-refractivity contribution in [1.82, 2.24) is 0 Å². The zero-order chi connectivity index (χ0) is 20.3. The SMILES string of the molecule is CCc1cccc(CC)c1NC(=O)CCc1c(C)c2ccc(C)cc2oc1=O. The molecule has 1 aromatic heterocycles. The number of carbonyl (C=O) groups excluding carboxylic acids is 1. The van der Waals surface area contributed by atoms with Crippen molar-refractivity contribution in [2.75, 3.05) is 5.32 Å². The summed E-state index contributed by atoms with van der Waals surface area (Å²) in [4.78, 5) is 25.0. The minimum absolute atomic E-state index is 0.0848. The molecule has 0 atom stereocenters. The Morgan fingerprint density at radius 1 is 1.04 bits per heavy atom. The van der Waals surface area contributed by atoms with Crippen molar-refractivity contribution >= 4 is 22.6 Å². The van der Waals surface area contributed by atoms with Crippen molar-refractivity contribution in [2.45, 2.75) is 53.4 Å². The summed E-state index contributed by atoms with van der Waals surface area (Å²) in [5, 5.41) is 3.98. The molecule has 4 heteroatoms. The fourth-order valence-electron chi connectivity index (χ4n) is 3.63. The number of anilines is 1. The lowest BCUT2D eigenvalue weighted by Crippen LogP contribution is -2.18. The van der Waals surface area contributed by atoms with Gasteiger partial charge in [-0.25, -0.2) is 4.79 Å². The molecule has 0 unspecified atom stereocenters. The van der Waals surface area contributed by atoms with Crippen LogP contribution in [-0.4, -0.2) is 5.91 Å². The van der Waals surface area contributed by atoms with Gasteiger partial charge in [0.05, 0.1) is 0 Å². The van der Waals surface area contributed by atoms with Gasteiger partial charge in [-0.2, -0.15) is 0 Å². The van der Waals surface area contributed by atoms with E-state index in [2.05, 4.69) is 19.2 Å². The van der Waals surface area contributed by atoms with Crippen LogP contribution < -0.4 is 10.9 Å². The molecule has 1 heterocycles. The first kappa shape index (κ1) is 19.9. The maximum absolute atomic E-state index is 12.6. The van der Waals surface area contributed by atoms with Crippen LogP contribution in [0, 0.1) is 13.8 Å². The number of hydrogen-bond donors (Lipinski definition) is 1. The van der Waals surface area contributed by atoms with Gasteiger partial charge >= 0.3 is 5.63 Å². The third-order valence-corrected chi connectivity index (χ3v) is 5.31.